The maximum Gasteiger partial charge on any atom is 0.284 e. The molecule has 0 fully saturated rings. The Hall–Kier alpha value is -3.55. The van der Waals surface area contributed by atoms with E-state index in [-0.39, 0.29) is 28.7 Å². The van der Waals surface area contributed by atoms with Crippen molar-refractivity contribution in [3.8, 4) is 5.75 Å². The first-order valence-corrected chi connectivity index (χ1v) is 10.2. The Bertz CT molecular complexity index is 1130. The van der Waals surface area contributed by atoms with Gasteiger partial charge < -0.3 is 20.6 Å². The van der Waals surface area contributed by atoms with Gasteiger partial charge in [-0.1, -0.05) is 42.1 Å². The van der Waals surface area contributed by atoms with Crippen molar-refractivity contribution in [1.29, 1.82) is 0 Å². The second kappa shape index (κ2) is 8.22. The second-order valence-corrected chi connectivity index (χ2v) is 7.91. The quantitative estimate of drug-likeness (QED) is 0.512. The summed E-state index contributed by atoms with van der Waals surface area (Å²) >= 11 is 0. The SMILES string of the molecule is CN(C)C(=O)c1cccc(NC2=NS(=O)(=O)C=C=C2NCc2ccccc2)c1O. The molecule has 8 nitrogen and oxygen atoms in total. The fourth-order valence-electron chi connectivity index (χ4n) is 2.59. The lowest BCUT2D eigenvalue weighted by molar-refractivity contribution is 0.0824. The molecule has 0 aliphatic carbocycles. The van der Waals surface area contributed by atoms with Crippen molar-refractivity contribution < 1.29 is 18.3 Å². The summed E-state index contributed by atoms with van der Waals surface area (Å²) in [5, 5.41) is 17.2. The number of amidine groups is 1. The zero-order valence-corrected chi connectivity index (χ0v) is 16.7. The van der Waals surface area contributed by atoms with Crippen molar-refractivity contribution in [3.05, 3.63) is 76.5 Å². The predicted molar refractivity (Wildman–Crippen MR) is 111 cm³/mol. The lowest BCUT2D eigenvalue weighted by atomic mass is 10.1. The van der Waals surface area contributed by atoms with Gasteiger partial charge in [0.15, 0.2) is 11.6 Å². The number of aromatic hydroxyl groups is 1. The number of nitrogens with one attached hydrogen (secondary N) is 2. The number of benzene rings is 2. The number of amides is 1. The number of nitrogens with zero attached hydrogens (tertiary/aromatic N) is 2. The van der Waals surface area contributed by atoms with Crippen LogP contribution >= 0.6 is 0 Å². The predicted octanol–water partition coefficient (Wildman–Crippen LogP) is 2.03. The molecular weight excluding hydrogens is 392 g/mol. The first-order chi connectivity index (χ1) is 13.8. The number of carbonyl (C=O) groups is 1. The van der Waals surface area contributed by atoms with E-state index in [4.69, 9.17) is 0 Å². The van der Waals surface area contributed by atoms with Gasteiger partial charge in [0.25, 0.3) is 15.9 Å². The minimum absolute atomic E-state index is 0.0341. The molecule has 0 atom stereocenters. The van der Waals surface area contributed by atoms with E-state index >= 15 is 0 Å². The Balaban J connectivity index is 1.89. The Morgan fingerprint density at radius 2 is 1.86 bits per heavy atom. The van der Waals surface area contributed by atoms with Crippen LogP contribution in [0.4, 0.5) is 5.69 Å². The summed E-state index contributed by atoms with van der Waals surface area (Å²) in [7, 11) is -0.712. The van der Waals surface area contributed by atoms with E-state index in [9.17, 15) is 18.3 Å². The van der Waals surface area contributed by atoms with E-state index in [1.807, 2.05) is 30.3 Å². The minimum Gasteiger partial charge on any atom is -0.505 e. The molecule has 150 valence electrons. The Kier molecular flexibility index (Phi) is 5.72. The molecule has 3 rings (SSSR count). The van der Waals surface area contributed by atoms with Crippen molar-refractivity contribution in [2.24, 2.45) is 4.40 Å². The van der Waals surface area contributed by atoms with E-state index in [1.165, 1.54) is 17.0 Å². The number of hydrogen-bond acceptors (Lipinski definition) is 6. The van der Waals surface area contributed by atoms with Crippen LogP contribution in [0.1, 0.15) is 15.9 Å². The molecule has 1 aliphatic rings. The maximum atomic E-state index is 12.2. The smallest absolute Gasteiger partial charge is 0.284 e. The highest BCUT2D eigenvalue weighted by atomic mass is 32.2. The molecule has 0 saturated heterocycles. The summed E-state index contributed by atoms with van der Waals surface area (Å²) in [6.07, 6.45) is 0. The van der Waals surface area contributed by atoms with Crippen LogP contribution in [0.2, 0.25) is 0 Å². The van der Waals surface area contributed by atoms with Gasteiger partial charge in [-0.05, 0) is 17.7 Å². The van der Waals surface area contributed by atoms with Crippen LogP contribution in [0, 0.1) is 0 Å². The molecule has 1 heterocycles. The summed E-state index contributed by atoms with van der Waals surface area (Å²) < 4.78 is 27.5. The van der Waals surface area contributed by atoms with E-state index in [2.05, 4.69) is 20.8 Å². The van der Waals surface area contributed by atoms with E-state index in [1.54, 1.807) is 20.2 Å². The Morgan fingerprint density at radius 1 is 1.14 bits per heavy atom. The normalized spacial score (nSPS) is 14.6. The van der Waals surface area contributed by atoms with Crippen LogP contribution in [-0.2, 0) is 16.6 Å². The number of para-hydroxylation sites is 1. The van der Waals surface area contributed by atoms with Gasteiger partial charge in [0.1, 0.15) is 5.70 Å². The number of carbonyl (C=O) groups excluding carboxylic acids is 1. The zero-order valence-electron chi connectivity index (χ0n) is 15.9. The fourth-order valence-corrected chi connectivity index (χ4v) is 3.30. The lowest BCUT2D eigenvalue weighted by Crippen LogP contribution is -2.28. The van der Waals surface area contributed by atoms with Crippen LogP contribution in [0.25, 0.3) is 0 Å². The Morgan fingerprint density at radius 3 is 2.55 bits per heavy atom. The molecule has 29 heavy (non-hydrogen) atoms. The summed E-state index contributed by atoms with van der Waals surface area (Å²) in [5.74, 6) is -0.723. The molecule has 1 amide bonds. The topological polar surface area (TPSA) is 111 Å². The molecule has 0 aromatic heterocycles. The van der Waals surface area contributed by atoms with Crippen LogP contribution < -0.4 is 10.6 Å². The van der Waals surface area contributed by atoms with E-state index < -0.39 is 10.0 Å². The number of phenols is 1. The molecule has 0 spiro atoms. The van der Waals surface area contributed by atoms with Crippen molar-refractivity contribution in [2.75, 3.05) is 19.4 Å². The van der Waals surface area contributed by atoms with Crippen LogP contribution in [-0.4, -0.2) is 44.3 Å². The fraction of sp³-hybridized carbons (Fsp3) is 0.150. The highest BCUT2D eigenvalue weighted by Gasteiger charge is 2.21. The minimum atomic E-state index is -3.85. The lowest BCUT2D eigenvalue weighted by Gasteiger charge is -2.18. The molecular formula is C20H20N4O4S. The van der Waals surface area contributed by atoms with Gasteiger partial charge in [0, 0.05) is 20.6 Å². The van der Waals surface area contributed by atoms with Crippen molar-refractivity contribution in [3.63, 3.8) is 0 Å². The second-order valence-electron chi connectivity index (χ2n) is 6.46. The molecule has 0 saturated carbocycles. The molecule has 3 N–H and O–H groups in total. The first-order valence-electron chi connectivity index (χ1n) is 8.67. The average Bonchev–Trinajstić information content (AvgIpc) is 2.68. The molecule has 0 bridgehead atoms. The largest absolute Gasteiger partial charge is 0.505 e. The average molecular weight is 412 g/mol. The third kappa shape index (κ3) is 4.84. The van der Waals surface area contributed by atoms with Crippen molar-refractivity contribution in [1.82, 2.24) is 10.2 Å². The van der Waals surface area contributed by atoms with Gasteiger partial charge in [-0.15, -0.1) is 4.40 Å². The van der Waals surface area contributed by atoms with Gasteiger partial charge in [0.05, 0.1) is 16.7 Å². The molecule has 1 aliphatic heterocycles. The molecule has 2 aromatic carbocycles. The highest BCUT2D eigenvalue weighted by Crippen LogP contribution is 2.29. The molecule has 9 heteroatoms. The highest BCUT2D eigenvalue weighted by molar-refractivity contribution is 7.93. The number of phenolic OH excluding ortho intramolecular Hbond substituents is 1. The summed E-state index contributed by atoms with van der Waals surface area (Å²) in [5.41, 5.74) is 4.19. The number of sulfonamides is 1. The van der Waals surface area contributed by atoms with Crippen LogP contribution in [0.5, 0.6) is 5.75 Å². The van der Waals surface area contributed by atoms with E-state index in [0.717, 1.165) is 11.0 Å². The van der Waals surface area contributed by atoms with Gasteiger partial charge in [-0.3, -0.25) is 4.79 Å². The molecule has 0 unspecified atom stereocenters. The van der Waals surface area contributed by atoms with Gasteiger partial charge >= 0.3 is 0 Å². The third-order valence-electron chi connectivity index (χ3n) is 4.05. The molecule has 0 radical (unpaired) electrons. The summed E-state index contributed by atoms with van der Waals surface area (Å²) in [6, 6.07) is 14.1. The third-order valence-corrected chi connectivity index (χ3v) is 4.90. The van der Waals surface area contributed by atoms with Gasteiger partial charge in [0.2, 0.25) is 0 Å². The van der Waals surface area contributed by atoms with Crippen molar-refractivity contribution >= 4 is 27.5 Å². The Labute approximate surface area is 168 Å². The monoisotopic (exact) mass is 412 g/mol. The van der Waals surface area contributed by atoms with Gasteiger partial charge in [-0.2, -0.15) is 8.42 Å². The van der Waals surface area contributed by atoms with Crippen LogP contribution in [0.15, 0.2) is 69.8 Å². The first kappa shape index (κ1) is 20.2. The molecule has 2 aromatic rings. The number of anilines is 1. The van der Waals surface area contributed by atoms with Crippen molar-refractivity contribution in [2.45, 2.75) is 6.54 Å². The van der Waals surface area contributed by atoms with E-state index in [0.29, 0.717) is 12.2 Å². The maximum absolute atomic E-state index is 12.2. The van der Waals surface area contributed by atoms with Crippen LogP contribution in [0.3, 0.4) is 0 Å². The zero-order chi connectivity index (χ0) is 21.0. The number of hydrogen-bond donors (Lipinski definition) is 3. The summed E-state index contributed by atoms with van der Waals surface area (Å²) in [4.78, 5) is 13.5. The summed E-state index contributed by atoms with van der Waals surface area (Å²) in [6.45, 7) is 0.420. The number of rotatable bonds is 5. The standard InChI is InChI=1S/C20H20N4O4S/c1-24(2)20(26)15-9-6-10-16(18(15)25)22-19-17(11-12-29(27,28)23-19)21-13-14-7-4-3-5-8-14/h3-10,12,21,25H,13H2,1-2H3,(H,22,23). The van der Waals surface area contributed by atoms with Gasteiger partial charge in [-0.25, -0.2) is 0 Å².